The molecule has 1 unspecified atom stereocenters. The zero-order chi connectivity index (χ0) is 15.5. The summed E-state index contributed by atoms with van der Waals surface area (Å²) in [7, 11) is 0. The van der Waals surface area contributed by atoms with Crippen LogP contribution in [-0.2, 0) is 24.2 Å². The maximum absolute atomic E-state index is 11.1. The Morgan fingerprint density at radius 3 is 2.86 bits per heavy atom. The molecule has 0 saturated heterocycles. The Labute approximate surface area is 136 Å². The Kier molecular flexibility index (Phi) is 4.48. The first kappa shape index (κ1) is 15.1. The van der Waals surface area contributed by atoms with Gasteiger partial charge < -0.3 is 10.2 Å². The van der Waals surface area contributed by atoms with Gasteiger partial charge in [0, 0.05) is 41.4 Å². The van der Waals surface area contributed by atoms with Crippen LogP contribution in [0.1, 0.15) is 29.2 Å². The third kappa shape index (κ3) is 3.50. The van der Waals surface area contributed by atoms with E-state index in [-0.39, 0.29) is 11.9 Å². The molecular formula is C18H22N2OS. The highest BCUT2D eigenvalue weighted by atomic mass is 32.1. The quantitative estimate of drug-likeness (QED) is 0.917. The molecule has 2 heterocycles. The summed E-state index contributed by atoms with van der Waals surface area (Å²) in [4.78, 5) is 16.3. The second kappa shape index (κ2) is 6.53. The first-order valence-electron chi connectivity index (χ1n) is 7.79. The predicted molar refractivity (Wildman–Crippen MR) is 92.5 cm³/mol. The van der Waals surface area contributed by atoms with E-state index >= 15 is 0 Å². The lowest BCUT2D eigenvalue weighted by molar-refractivity contribution is -0.119. The molecule has 1 N–H and O–H groups in total. The molecule has 4 heteroatoms. The van der Waals surface area contributed by atoms with Gasteiger partial charge in [0.25, 0.3) is 0 Å². The molecule has 2 aromatic rings. The topological polar surface area (TPSA) is 32.3 Å². The zero-order valence-corrected chi connectivity index (χ0v) is 14.0. The van der Waals surface area contributed by atoms with Crippen molar-refractivity contribution in [3.63, 3.8) is 0 Å². The second-order valence-electron chi connectivity index (χ2n) is 5.97. The molecule has 22 heavy (non-hydrogen) atoms. The lowest BCUT2D eigenvalue weighted by Crippen LogP contribution is -2.31. The normalized spacial score (nSPS) is 14.7. The van der Waals surface area contributed by atoms with E-state index in [9.17, 15) is 4.79 Å². The van der Waals surface area contributed by atoms with Crippen molar-refractivity contribution >= 4 is 22.9 Å². The zero-order valence-electron chi connectivity index (χ0n) is 13.1. The molecule has 0 bridgehead atoms. The fourth-order valence-electron chi connectivity index (χ4n) is 3.08. The fraction of sp³-hybridized carbons (Fsp3) is 0.389. The number of hydrogen-bond donors (Lipinski definition) is 1. The third-order valence-corrected chi connectivity index (χ3v) is 5.10. The predicted octanol–water partition coefficient (Wildman–Crippen LogP) is 3.38. The number of anilines is 1. The van der Waals surface area contributed by atoms with Crippen molar-refractivity contribution in [3.05, 3.63) is 51.7 Å². The van der Waals surface area contributed by atoms with Gasteiger partial charge in [-0.1, -0.05) is 18.2 Å². The van der Waals surface area contributed by atoms with Gasteiger partial charge in [-0.05, 0) is 37.1 Å². The van der Waals surface area contributed by atoms with Gasteiger partial charge in [0.2, 0.25) is 5.91 Å². The Hall–Kier alpha value is -1.81. The Morgan fingerprint density at radius 2 is 2.05 bits per heavy atom. The highest BCUT2D eigenvalue weighted by Gasteiger charge is 2.19. The number of carbonyl (C=O) groups excluding carboxylic acids is 1. The molecule has 0 fully saturated rings. The van der Waals surface area contributed by atoms with E-state index in [1.165, 1.54) is 21.0 Å². The van der Waals surface area contributed by atoms with E-state index in [2.05, 4.69) is 53.5 Å². The van der Waals surface area contributed by atoms with E-state index in [1.807, 2.05) is 11.3 Å². The molecule has 3 rings (SSSR count). The molecule has 1 aromatic carbocycles. The molecule has 1 aromatic heterocycles. The minimum atomic E-state index is 0.0398. The van der Waals surface area contributed by atoms with Gasteiger partial charge in [0.1, 0.15) is 0 Å². The number of carbonyl (C=O) groups is 1. The molecule has 0 saturated carbocycles. The number of nitrogens with one attached hydrogen (secondary N) is 1. The van der Waals surface area contributed by atoms with E-state index in [0.717, 1.165) is 25.9 Å². The van der Waals surface area contributed by atoms with E-state index in [1.54, 1.807) is 6.92 Å². The highest BCUT2D eigenvalue weighted by molar-refractivity contribution is 7.12. The number of amides is 1. The molecular weight excluding hydrogens is 292 g/mol. The van der Waals surface area contributed by atoms with Crippen molar-refractivity contribution in [1.29, 1.82) is 0 Å². The van der Waals surface area contributed by atoms with Crippen LogP contribution in [0.3, 0.4) is 0 Å². The number of rotatable bonds is 5. The first-order valence-corrected chi connectivity index (χ1v) is 8.61. The third-order valence-electron chi connectivity index (χ3n) is 4.00. The van der Waals surface area contributed by atoms with Crippen LogP contribution in [0.2, 0.25) is 0 Å². The number of thiophene rings is 1. The second-order valence-corrected chi connectivity index (χ2v) is 7.23. The van der Waals surface area contributed by atoms with E-state index in [0.29, 0.717) is 0 Å². The van der Waals surface area contributed by atoms with Crippen molar-refractivity contribution in [2.75, 3.05) is 11.4 Å². The number of fused-ring (bicyclic) bond motifs is 1. The summed E-state index contributed by atoms with van der Waals surface area (Å²) in [6.07, 6.45) is 2.05. The van der Waals surface area contributed by atoms with E-state index < -0.39 is 0 Å². The molecule has 1 atom stereocenters. The van der Waals surface area contributed by atoms with Gasteiger partial charge in [-0.2, -0.15) is 0 Å². The lowest BCUT2D eigenvalue weighted by Gasteiger charge is -2.18. The number of hydrogen-bond acceptors (Lipinski definition) is 3. The van der Waals surface area contributed by atoms with Crippen LogP contribution in [-0.4, -0.2) is 18.5 Å². The molecule has 1 amide bonds. The van der Waals surface area contributed by atoms with Crippen molar-refractivity contribution in [2.24, 2.45) is 0 Å². The number of nitrogens with zero attached hydrogens (tertiary/aromatic N) is 1. The van der Waals surface area contributed by atoms with Crippen LogP contribution in [0.25, 0.3) is 0 Å². The average Bonchev–Trinajstić information content (AvgIpc) is 3.06. The highest BCUT2D eigenvalue weighted by Crippen LogP contribution is 2.30. The number of para-hydroxylation sites is 1. The first-order chi connectivity index (χ1) is 10.6. The van der Waals surface area contributed by atoms with Crippen LogP contribution in [0.4, 0.5) is 5.69 Å². The SMILES string of the molecule is CC(=O)NC(C)Cc1ccc(CN2CCc3ccccc32)s1. The molecule has 116 valence electrons. The van der Waals surface area contributed by atoms with Crippen LogP contribution in [0.15, 0.2) is 36.4 Å². The van der Waals surface area contributed by atoms with Crippen LogP contribution in [0.5, 0.6) is 0 Å². The monoisotopic (exact) mass is 314 g/mol. The summed E-state index contributed by atoms with van der Waals surface area (Å²) < 4.78 is 0. The minimum absolute atomic E-state index is 0.0398. The average molecular weight is 314 g/mol. The molecule has 1 aliphatic rings. The fourth-order valence-corrected chi connectivity index (χ4v) is 4.24. The standard InChI is InChI=1S/C18H22N2OS/c1-13(19-14(2)21)11-16-7-8-17(22-16)12-20-10-9-15-5-3-4-6-18(15)20/h3-8,13H,9-12H2,1-2H3,(H,19,21). The summed E-state index contributed by atoms with van der Waals surface area (Å²) >= 11 is 1.86. The summed E-state index contributed by atoms with van der Waals surface area (Å²) in [6.45, 7) is 5.71. The molecule has 1 aliphatic heterocycles. The molecule has 0 spiro atoms. The van der Waals surface area contributed by atoms with Crippen LogP contribution in [0, 0.1) is 0 Å². The van der Waals surface area contributed by atoms with E-state index in [4.69, 9.17) is 0 Å². The summed E-state index contributed by atoms with van der Waals surface area (Å²) in [5.74, 6) is 0.0398. The van der Waals surface area contributed by atoms with Crippen molar-refractivity contribution in [2.45, 2.75) is 39.3 Å². The minimum Gasteiger partial charge on any atom is -0.366 e. The van der Waals surface area contributed by atoms with Gasteiger partial charge >= 0.3 is 0 Å². The van der Waals surface area contributed by atoms with Crippen LogP contribution >= 0.6 is 11.3 Å². The van der Waals surface area contributed by atoms with Crippen LogP contribution < -0.4 is 10.2 Å². The Balaban J connectivity index is 1.62. The van der Waals surface area contributed by atoms with Gasteiger partial charge in [-0.15, -0.1) is 11.3 Å². The van der Waals surface area contributed by atoms with Gasteiger partial charge in [-0.3, -0.25) is 4.79 Å². The van der Waals surface area contributed by atoms with Gasteiger partial charge in [0.15, 0.2) is 0 Å². The van der Waals surface area contributed by atoms with Crippen molar-refractivity contribution in [3.8, 4) is 0 Å². The van der Waals surface area contributed by atoms with Gasteiger partial charge in [0.05, 0.1) is 6.54 Å². The molecule has 0 radical (unpaired) electrons. The maximum atomic E-state index is 11.1. The van der Waals surface area contributed by atoms with Gasteiger partial charge in [-0.25, -0.2) is 0 Å². The lowest BCUT2D eigenvalue weighted by atomic mass is 10.2. The largest absolute Gasteiger partial charge is 0.366 e. The maximum Gasteiger partial charge on any atom is 0.217 e. The summed E-state index contributed by atoms with van der Waals surface area (Å²) in [5.41, 5.74) is 2.84. The summed E-state index contributed by atoms with van der Waals surface area (Å²) in [5, 5.41) is 2.94. The van der Waals surface area contributed by atoms with Crippen molar-refractivity contribution in [1.82, 2.24) is 5.32 Å². The number of benzene rings is 1. The Bertz CT molecular complexity index is 665. The van der Waals surface area contributed by atoms with Crippen molar-refractivity contribution < 1.29 is 4.79 Å². The summed E-state index contributed by atoms with van der Waals surface area (Å²) in [6, 6.07) is 13.3. The smallest absolute Gasteiger partial charge is 0.217 e. The molecule has 3 nitrogen and oxygen atoms in total. The molecule has 0 aliphatic carbocycles. The Morgan fingerprint density at radius 1 is 1.27 bits per heavy atom.